The number of hydrogen-bond donors (Lipinski definition) is 1. The van der Waals surface area contributed by atoms with E-state index in [1.165, 1.54) is 11.1 Å². The van der Waals surface area contributed by atoms with Crippen LogP contribution in [0, 0.1) is 19.8 Å². The Morgan fingerprint density at radius 1 is 1.13 bits per heavy atom. The summed E-state index contributed by atoms with van der Waals surface area (Å²) >= 11 is 0. The summed E-state index contributed by atoms with van der Waals surface area (Å²) in [6.45, 7) is 6.27. The van der Waals surface area contributed by atoms with Crippen LogP contribution in [0.4, 0.5) is 5.82 Å². The van der Waals surface area contributed by atoms with Crippen LogP contribution in [-0.2, 0) is 11.3 Å². The second-order valence-electron chi connectivity index (χ2n) is 7.94. The summed E-state index contributed by atoms with van der Waals surface area (Å²) in [7, 11) is 0. The number of pyridine rings is 1. The highest BCUT2D eigenvalue weighted by atomic mass is 16.1. The molecule has 1 aliphatic heterocycles. The van der Waals surface area contributed by atoms with Gasteiger partial charge in [0.2, 0.25) is 5.91 Å². The monoisotopic (exact) mass is 401 g/mol. The lowest BCUT2D eigenvalue weighted by atomic mass is 9.97. The highest BCUT2D eigenvalue weighted by Gasteiger charge is 2.26. The Morgan fingerprint density at radius 2 is 2.03 bits per heavy atom. The topological polar surface area (TPSA) is 71.0 Å². The van der Waals surface area contributed by atoms with Gasteiger partial charge in [-0.05, 0) is 67.6 Å². The molecule has 3 heterocycles. The quantitative estimate of drug-likeness (QED) is 0.706. The number of amides is 1. The van der Waals surface area contributed by atoms with Crippen molar-refractivity contribution in [2.45, 2.75) is 33.2 Å². The van der Waals surface area contributed by atoms with Gasteiger partial charge in [-0.25, -0.2) is 0 Å². The van der Waals surface area contributed by atoms with Gasteiger partial charge in [0.05, 0.1) is 11.6 Å². The number of piperidine rings is 1. The van der Waals surface area contributed by atoms with Crippen molar-refractivity contribution >= 4 is 11.7 Å². The molecule has 30 heavy (non-hydrogen) atoms. The first-order valence-corrected chi connectivity index (χ1v) is 10.4. The zero-order valence-corrected chi connectivity index (χ0v) is 17.5. The average Bonchev–Trinajstić information content (AvgIpc) is 2.80. The van der Waals surface area contributed by atoms with E-state index in [0.29, 0.717) is 13.1 Å². The van der Waals surface area contributed by atoms with E-state index in [1.54, 1.807) is 12.4 Å². The molecule has 0 spiro atoms. The number of nitrogens with one attached hydrogen (secondary N) is 1. The van der Waals surface area contributed by atoms with Gasteiger partial charge in [0.15, 0.2) is 5.82 Å². The number of aryl methyl sites for hydroxylation is 2. The SMILES string of the molecule is Cc1ccc(-c2ccc(N3CCC[C@@H](C(=O)NCc4cccnc4)C3)nn2)cc1C. The number of anilines is 1. The predicted molar refractivity (Wildman–Crippen MR) is 118 cm³/mol. The van der Waals surface area contributed by atoms with E-state index in [-0.39, 0.29) is 11.8 Å². The van der Waals surface area contributed by atoms with Gasteiger partial charge >= 0.3 is 0 Å². The Kier molecular flexibility index (Phi) is 6.02. The second kappa shape index (κ2) is 9.03. The summed E-state index contributed by atoms with van der Waals surface area (Å²) in [5.41, 5.74) is 5.46. The van der Waals surface area contributed by atoms with Gasteiger partial charge in [0, 0.05) is 37.6 Å². The Bertz CT molecular complexity index is 1000. The average molecular weight is 402 g/mol. The zero-order valence-electron chi connectivity index (χ0n) is 17.5. The van der Waals surface area contributed by atoms with Crippen LogP contribution in [0.25, 0.3) is 11.3 Å². The van der Waals surface area contributed by atoms with E-state index in [1.807, 2.05) is 24.3 Å². The van der Waals surface area contributed by atoms with Crippen LogP contribution in [-0.4, -0.2) is 34.2 Å². The minimum atomic E-state index is -0.0448. The molecule has 1 N–H and O–H groups in total. The molecule has 0 aliphatic carbocycles. The fourth-order valence-electron chi connectivity index (χ4n) is 3.78. The third-order valence-corrected chi connectivity index (χ3v) is 5.76. The summed E-state index contributed by atoms with van der Waals surface area (Å²) in [6, 6.07) is 14.2. The smallest absolute Gasteiger partial charge is 0.225 e. The van der Waals surface area contributed by atoms with E-state index in [2.05, 4.69) is 57.4 Å². The first-order chi connectivity index (χ1) is 14.6. The largest absolute Gasteiger partial charge is 0.354 e. The maximum absolute atomic E-state index is 12.7. The number of benzene rings is 1. The molecule has 0 bridgehead atoms. The third kappa shape index (κ3) is 4.64. The number of aromatic nitrogens is 3. The van der Waals surface area contributed by atoms with Gasteiger partial charge < -0.3 is 10.2 Å². The standard InChI is InChI=1S/C24H27N5O/c1-17-7-8-20(13-18(17)2)22-9-10-23(28-27-22)29-12-4-6-21(16-29)24(30)26-15-19-5-3-11-25-14-19/h3,5,7-11,13-14,21H,4,6,12,15-16H2,1-2H3,(H,26,30)/t21-/m1/s1. The third-order valence-electron chi connectivity index (χ3n) is 5.76. The van der Waals surface area contributed by atoms with Crippen molar-refractivity contribution in [3.63, 3.8) is 0 Å². The highest BCUT2D eigenvalue weighted by molar-refractivity contribution is 5.79. The Hall–Kier alpha value is -3.28. The number of carbonyl (C=O) groups excluding carboxylic acids is 1. The molecule has 1 aromatic carbocycles. The summed E-state index contributed by atoms with van der Waals surface area (Å²) in [5, 5.41) is 11.9. The Morgan fingerprint density at radius 3 is 2.77 bits per heavy atom. The normalized spacial score (nSPS) is 16.3. The fraction of sp³-hybridized carbons (Fsp3) is 0.333. The molecule has 1 amide bonds. The zero-order chi connectivity index (χ0) is 20.9. The second-order valence-corrected chi connectivity index (χ2v) is 7.94. The van der Waals surface area contributed by atoms with Crippen LogP contribution >= 0.6 is 0 Å². The van der Waals surface area contributed by atoms with E-state index in [4.69, 9.17) is 0 Å². The van der Waals surface area contributed by atoms with Crippen molar-refractivity contribution in [2.75, 3.05) is 18.0 Å². The Labute approximate surface area is 177 Å². The summed E-state index contributed by atoms with van der Waals surface area (Å²) < 4.78 is 0. The molecule has 1 aliphatic rings. The maximum Gasteiger partial charge on any atom is 0.225 e. The molecule has 0 radical (unpaired) electrons. The summed E-state index contributed by atoms with van der Waals surface area (Å²) in [4.78, 5) is 18.9. The molecule has 4 rings (SSSR count). The molecule has 3 aromatic rings. The highest BCUT2D eigenvalue weighted by Crippen LogP contribution is 2.24. The summed E-state index contributed by atoms with van der Waals surface area (Å²) in [5.74, 6) is 0.868. The fourth-order valence-corrected chi connectivity index (χ4v) is 3.78. The molecule has 154 valence electrons. The molecule has 0 saturated carbocycles. The lowest BCUT2D eigenvalue weighted by Crippen LogP contribution is -2.43. The van der Waals surface area contributed by atoms with E-state index >= 15 is 0 Å². The minimum Gasteiger partial charge on any atom is -0.354 e. The van der Waals surface area contributed by atoms with Gasteiger partial charge in [-0.2, -0.15) is 0 Å². The van der Waals surface area contributed by atoms with Crippen molar-refractivity contribution in [1.29, 1.82) is 0 Å². The first kappa shape index (κ1) is 20.0. The molecule has 1 fully saturated rings. The lowest BCUT2D eigenvalue weighted by Gasteiger charge is -2.32. The molecule has 6 heteroatoms. The van der Waals surface area contributed by atoms with Crippen LogP contribution in [0.3, 0.4) is 0 Å². The molecule has 1 atom stereocenters. The first-order valence-electron chi connectivity index (χ1n) is 10.4. The molecular formula is C24H27N5O. The number of nitrogens with zero attached hydrogens (tertiary/aromatic N) is 4. The van der Waals surface area contributed by atoms with Crippen LogP contribution < -0.4 is 10.2 Å². The van der Waals surface area contributed by atoms with Crippen LogP contribution in [0.1, 0.15) is 29.5 Å². The van der Waals surface area contributed by atoms with E-state index in [9.17, 15) is 4.79 Å². The van der Waals surface area contributed by atoms with Crippen molar-refractivity contribution in [1.82, 2.24) is 20.5 Å². The summed E-state index contributed by atoms with van der Waals surface area (Å²) in [6.07, 6.45) is 5.37. The lowest BCUT2D eigenvalue weighted by molar-refractivity contribution is -0.125. The van der Waals surface area contributed by atoms with Crippen molar-refractivity contribution in [3.05, 3.63) is 71.5 Å². The van der Waals surface area contributed by atoms with E-state index in [0.717, 1.165) is 42.0 Å². The molecule has 1 saturated heterocycles. The van der Waals surface area contributed by atoms with Crippen molar-refractivity contribution < 1.29 is 4.79 Å². The number of rotatable bonds is 5. The van der Waals surface area contributed by atoms with Crippen LogP contribution in [0.15, 0.2) is 54.9 Å². The number of carbonyl (C=O) groups is 1. The van der Waals surface area contributed by atoms with Crippen molar-refractivity contribution in [2.24, 2.45) is 5.92 Å². The van der Waals surface area contributed by atoms with Gasteiger partial charge in [-0.3, -0.25) is 9.78 Å². The molecule has 0 unspecified atom stereocenters. The molecular weight excluding hydrogens is 374 g/mol. The van der Waals surface area contributed by atoms with Crippen LogP contribution in [0.5, 0.6) is 0 Å². The van der Waals surface area contributed by atoms with Gasteiger partial charge in [-0.1, -0.05) is 18.2 Å². The predicted octanol–water partition coefficient (Wildman–Crippen LogP) is 3.69. The maximum atomic E-state index is 12.7. The minimum absolute atomic E-state index is 0.0448. The van der Waals surface area contributed by atoms with Crippen molar-refractivity contribution in [3.8, 4) is 11.3 Å². The van der Waals surface area contributed by atoms with E-state index < -0.39 is 0 Å². The number of hydrogen-bond acceptors (Lipinski definition) is 5. The molecule has 6 nitrogen and oxygen atoms in total. The van der Waals surface area contributed by atoms with Gasteiger partial charge in [0.25, 0.3) is 0 Å². The molecule has 2 aromatic heterocycles. The van der Waals surface area contributed by atoms with Gasteiger partial charge in [-0.15, -0.1) is 10.2 Å². The van der Waals surface area contributed by atoms with Gasteiger partial charge in [0.1, 0.15) is 0 Å². The van der Waals surface area contributed by atoms with Crippen LogP contribution in [0.2, 0.25) is 0 Å². The Balaban J connectivity index is 1.39.